The van der Waals surface area contributed by atoms with E-state index in [1.54, 1.807) is 0 Å². The van der Waals surface area contributed by atoms with Crippen molar-refractivity contribution in [1.29, 1.82) is 0 Å². The molecule has 3 heteroatoms. The first-order valence-corrected chi connectivity index (χ1v) is 6.66. The Labute approximate surface area is 104 Å². The van der Waals surface area contributed by atoms with Crippen molar-refractivity contribution in [3.8, 4) is 0 Å². The zero-order chi connectivity index (χ0) is 11.0. The highest BCUT2D eigenvalue weighted by atomic mass is 35.5. The maximum absolute atomic E-state index is 6.25. The molecule has 1 N–H and O–H groups in total. The van der Waals surface area contributed by atoms with Crippen LogP contribution in [-0.4, -0.2) is 6.54 Å². The van der Waals surface area contributed by atoms with Gasteiger partial charge in [-0.1, -0.05) is 29.8 Å². The van der Waals surface area contributed by atoms with Crippen LogP contribution in [0.15, 0.2) is 35.7 Å². The first kappa shape index (κ1) is 10.3. The van der Waals surface area contributed by atoms with Crippen LogP contribution < -0.4 is 5.32 Å². The fraction of sp³-hybridized carbons (Fsp3) is 0.231. The van der Waals surface area contributed by atoms with Crippen LogP contribution in [0.2, 0.25) is 5.02 Å². The van der Waals surface area contributed by atoms with Crippen LogP contribution in [0.3, 0.4) is 0 Å². The summed E-state index contributed by atoms with van der Waals surface area (Å²) in [4.78, 5) is 1.49. The summed E-state index contributed by atoms with van der Waals surface area (Å²) >= 11 is 8.10. The summed E-state index contributed by atoms with van der Waals surface area (Å²) in [7, 11) is 0. The van der Waals surface area contributed by atoms with Crippen LogP contribution >= 0.6 is 22.9 Å². The van der Waals surface area contributed by atoms with Crippen molar-refractivity contribution in [1.82, 2.24) is 5.32 Å². The highest BCUT2D eigenvalue weighted by Gasteiger charge is 2.23. The van der Waals surface area contributed by atoms with Gasteiger partial charge in [0.1, 0.15) is 0 Å². The number of thiophene rings is 1. The molecule has 0 radical (unpaired) electrons. The summed E-state index contributed by atoms with van der Waals surface area (Å²) in [5.41, 5.74) is 2.58. The second-order valence-corrected chi connectivity index (χ2v) is 5.37. The molecular formula is C13H12ClNS. The van der Waals surface area contributed by atoms with Crippen molar-refractivity contribution < 1.29 is 0 Å². The predicted octanol–water partition coefficient (Wildman–Crippen LogP) is 3.64. The van der Waals surface area contributed by atoms with Crippen molar-refractivity contribution >= 4 is 22.9 Å². The standard InChI is InChI=1S/C13H12ClNS/c14-11-4-2-1-3-9(11)13-10-6-8-16-12(10)5-7-15-13/h1-4,6,8,13,15H,5,7H2. The quantitative estimate of drug-likeness (QED) is 0.814. The number of hydrogen-bond acceptors (Lipinski definition) is 2. The minimum atomic E-state index is 0.267. The van der Waals surface area contributed by atoms with Gasteiger partial charge in [0, 0.05) is 16.4 Å². The van der Waals surface area contributed by atoms with Crippen molar-refractivity contribution in [2.45, 2.75) is 12.5 Å². The Kier molecular flexibility index (Phi) is 2.72. The summed E-state index contributed by atoms with van der Waals surface area (Å²) in [6.45, 7) is 1.03. The second-order valence-electron chi connectivity index (χ2n) is 3.96. The molecule has 3 rings (SSSR count). The van der Waals surface area contributed by atoms with E-state index >= 15 is 0 Å². The summed E-state index contributed by atoms with van der Waals surface area (Å²) < 4.78 is 0. The Morgan fingerprint density at radius 2 is 2.06 bits per heavy atom. The number of benzene rings is 1. The van der Waals surface area contributed by atoms with Crippen LogP contribution in [0, 0.1) is 0 Å². The zero-order valence-corrected chi connectivity index (χ0v) is 10.3. The molecule has 0 bridgehead atoms. The van der Waals surface area contributed by atoms with Gasteiger partial charge in [0.05, 0.1) is 6.04 Å². The molecule has 1 aromatic carbocycles. The fourth-order valence-corrected chi connectivity index (χ4v) is 3.40. The molecule has 0 amide bonds. The maximum Gasteiger partial charge on any atom is 0.0602 e. The molecule has 2 heterocycles. The van der Waals surface area contributed by atoms with Gasteiger partial charge in [0.2, 0.25) is 0 Å². The van der Waals surface area contributed by atoms with E-state index in [1.165, 1.54) is 16.0 Å². The minimum absolute atomic E-state index is 0.267. The highest BCUT2D eigenvalue weighted by molar-refractivity contribution is 7.10. The van der Waals surface area contributed by atoms with Gasteiger partial charge in [-0.3, -0.25) is 0 Å². The minimum Gasteiger partial charge on any atom is -0.306 e. The van der Waals surface area contributed by atoms with Crippen LogP contribution in [0.5, 0.6) is 0 Å². The molecule has 0 spiro atoms. The second kappa shape index (κ2) is 4.21. The Bertz CT molecular complexity index is 506. The van der Waals surface area contributed by atoms with Gasteiger partial charge in [0.25, 0.3) is 0 Å². The summed E-state index contributed by atoms with van der Waals surface area (Å²) in [6, 6.07) is 10.6. The Balaban J connectivity index is 2.08. The van der Waals surface area contributed by atoms with Gasteiger partial charge in [-0.25, -0.2) is 0 Å². The Morgan fingerprint density at radius 1 is 1.19 bits per heavy atom. The Morgan fingerprint density at radius 3 is 2.94 bits per heavy atom. The van der Waals surface area contributed by atoms with Crippen LogP contribution in [0.1, 0.15) is 22.0 Å². The van der Waals surface area contributed by atoms with E-state index in [2.05, 4.69) is 22.8 Å². The molecule has 0 saturated heterocycles. The molecule has 1 aliphatic rings. The van der Waals surface area contributed by atoms with Gasteiger partial charge < -0.3 is 5.32 Å². The topological polar surface area (TPSA) is 12.0 Å². The number of halogens is 1. The van der Waals surface area contributed by atoms with E-state index in [0.717, 1.165) is 18.0 Å². The molecule has 0 saturated carbocycles. The van der Waals surface area contributed by atoms with Crippen LogP contribution in [0.4, 0.5) is 0 Å². The molecule has 1 aromatic heterocycles. The van der Waals surface area contributed by atoms with E-state index in [0.29, 0.717) is 0 Å². The van der Waals surface area contributed by atoms with Gasteiger partial charge in [-0.15, -0.1) is 11.3 Å². The summed E-state index contributed by atoms with van der Waals surface area (Å²) in [5, 5.41) is 6.56. The number of rotatable bonds is 1. The molecule has 0 fully saturated rings. The van der Waals surface area contributed by atoms with E-state index in [9.17, 15) is 0 Å². The third kappa shape index (κ3) is 1.67. The van der Waals surface area contributed by atoms with Gasteiger partial charge in [0.15, 0.2) is 0 Å². The first-order valence-electron chi connectivity index (χ1n) is 5.40. The smallest absolute Gasteiger partial charge is 0.0602 e. The number of nitrogens with one attached hydrogen (secondary N) is 1. The molecule has 82 valence electrons. The molecule has 1 atom stereocenters. The molecule has 1 nitrogen and oxygen atoms in total. The average molecular weight is 250 g/mol. The highest BCUT2D eigenvalue weighted by Crippen LogP contribution is 2.34. The molecule has 1 aliphatic heterocycles. The van der Waals surface area contributed by atoms with E-state index in [4.69, 9.17) is 11.6 Å². The van der Waals surface area contributed by atoms with Crippen molar-refractivity contribution in [3.05, 3.63) is 56.7 Å². The zero-order valence-electron chi connectivity index (χ0n) is 8.74. The van der Waals surface area contributed by atoms with Crippen molar-refractivity contribution in [2.75, 3.05) is 6.54 Å². The SMILES string of the molecule is Clc1ccccc1C1NCCc2sccc21. The first-order chi connectivity index (χ1) is 7.86. The maximum atomic E-state index is 6.25. The average Bonchev–Trinajstić information content (AvgIpc) is 2.77. The third-order valence-corrected chi connectivity index (χ3v) is 4.35. The lowest BCUT2D eigenvalue weighted by molar-refractivity contribution is 0.575. The summed E-state index contributed by atoms with van der Waals surface area (Å²) in [5.74, 6) is 0. The van der Waals surface area contributed by atoms with Crippen molar-refractivity contribution in [3.63, 3.8) is 0 Å². The lowest BCUT2D eigenvalue weighted by Gasteiger charge is -2.25. The normalized spacial score (nSPS) is 19.4. The molecule has 0 aliphatic carbocycles. The van der Waals surface area contributed by atoms with E-state index in [1.807, 2.05) is 29.5 Å². The van der Waals surface area contributed by atoms with Gasteiger partial charge in [-0.05, 0) is 35.1 Å². The lowest BCUT2D eigenvalue weighted by Crippen LogP contribution is -2.29. The molecule has 1 unspecified atom stereocenters. The fourth-order valence-electron chi connectivity index (χ4n) is 2.24. The predicted molar refractivity (Wildman–Crippen MR) is 69.3 cm³/mol. The third-order valence-electron chi connectivity index (χ3n) is 3.01. The largest absolute Gasteiger partial charge is 0.306 e. The van der Waals surface area contributed by atoms with Gasteiger partial charge >= 0.3 is 0 Å². The monoisotopic (exact) mass is 249 g/mol. The van der Waals surface area contributed by atoms with E-state index < -0.39 is 0 Å². The summed E-state index contributed by atoms with van der Waals surface area (Å²) in [6.07, 6.45) is 1.13. The van der Waals surface area contributed by atoms with Crippen LogP contribution in [-0.2, 0) is 6.42 Å². The lowest BCUT2D eigenvalue weighted by atomic mass is 9.95. The van der Waals surface area contributed by atoms with Crippen molar-refractivity contribution in [2.24, 2.45) is 0 Å². The van der Waals surface area contributed by atoms with E-state index in [-0.39, 0.29) is 6.04 Å². The van der Waals surface area contributed by atoms with Gasteiger partial charge in [-0.2, -0.15) is 0 Å². The Hall–Kier alpha value is -0.830. The molecule has 16 heavy (non-hydrogen) atoms. The molecular weight excluding hydrogens is 238 g/mol. The van der Waals surface area contributed by atoms with Crippen LogP contribution in [0.25, 0.3) is 0 Å². The number of fused-ring (bicyclic) bond motifs is 1. The molecule has 2 aromatic rings. The number of hydrogen-bond donors (Lipinski definition) is 1.